The molecule has 170 valence electrons. The molecule has 1 aliphatic heterocycles. The Labute approximate surface area is 184 Å². The Hall–Kier alpha value is -3.27. The summed E-state index contributed by atoms with van der Waals surface area (Å²) in [4.78, 5) is 36.6. The lowest BCUT2D eigenvalue weighted by Gasteiger charge is -2.42. The van der Waals surface area contributed by atoms with E-state index in [1.165, 1.54) is 14.0 Å². The first kappa shape index (κ1) is 23.4. The molecule has 32 heavy (non-hydrogen) atoms. The summed E-state index contributed by atoms with van der Waals surface area (Å²) in [5.74, 6) is -2.03. The molecular formula is C23H24O9. The van der Waals surface area contributed by atoms with Gasteiger partial charge in [-0.1, -0.05) is 36.4 Å². The van der Waals surface area contributed by atoms with Crippen molar-refractivity contribution in [3.63, 3.8) is 0 Å². The first-order valence-corrected chi connectivity index (χ1v) is 9.92. The summed E-state index contributed by atoms with van der Waals surface area (Å²) in [5, 5.41) is 10.9. The Morgan fingerprint density at radius 2 is 1.38 bits per heavy atom. The summed E-state index contributed by atoms with van der Waals surface area (Å²) in [7, 11) is 1.31. The number of hydrogen-bond donors (Lipinski definition) is 1. The Bertz CT molecular complexity index is 916. The maximum absolute atomic E-state index is 12.7. The van der Waals surface area contributed by atoms with Crippen LogP contribution in [-0.4, -0.2) is 67.4 Å². The molecule has 2 aromatic rings. The molecule has 9 nitrogen and oxygen atoms in total. The minimum Gasteiger partial charge on any atom is -0.463 e. The zero-order chi connectivity index (χ0) is 23.1. The topological polar surface area (TPSA) is 118 Å². The molecule has 1 fully saturated rings. The van der Waals surface area contributed by atoms with Crippen LogP contribution in [0.5, 0.6) is 0 Å². The number of methoxy groups -OCH3 is 1. The van der Waals surface area contributed by atoms with Gasteiger partial charge in [0.15, 0.2) is 18.5 Å². The number of aliphatic hydroxyl groups excluding tert-OH is 1. The number of esters is 3. The van der Waals surface area contributed by atoms with Crippen LogP contribution >= 0.6 is 0 Å². The fourth-order valence-corrected chi connectivity index (χ4v) is 3.21. The molecule has 1 N–H and O–H groups in total. The molecule has 3 rings (SSSR count). The van der Waals surface area contributed by atoms with E-state index in [-0.39, 0.29) is 17.7 Å². The second kappa shape index (κ2) is 10.9. The lowest BCUT2D eigenvalue weighted by atomic mass is 9.98. The van der Waals surface area contributed by atoms with E-state index in [0.29, 0.717) is 0 Å². The van der Waals surface area contributed by atoms with Crippen LogP contribution in [0, 0.1) is 0 Å². The third-order valence-electron chi connectivity index (χ3n) is 4.81. The van der Waals surface area contributed by atoms with Gasteiger partial charge in [0.25, 0.3) is 0 Å². The van der Waals surface area contributed by atoms with Gasteiger partial charge in [-0.3, -0.25) is 4.79 Å². The van der Waals surface area contributed by atoms with Gasteiger partial charge in [0.2, 0.25) is 0 Å². The molecule has 0 bridgehead atoms. The Morgan fingerprint density at radius 1 is 0.875 bits per heavy atom. The number of carbonyl (C=O) groups excluding carboxylic acids is 3. The van der Waals surface area contributed by atoms with Gasteiger partial charge in [0, 0.05) is 14.0 Å². The first-order valence-electron chi connectivity index (χ1n) is 9.92. The molecule has 9 heteroatoms. The van der Waals surface area contributed by atoms with Crippen molar-refractivity contribution in [3.8, 4) is 0 Å². The molecule has 2 aromatic carbocycles. The van der Waals surface area contributed by atoms with E-state index >= 15 is 0 Å². The summed E-state index contributed by atoms with van der Waals surface area (Å²) in [6, 6.07) is 16.3. The van der Waals surface area contributed by atoms with Gasteiger partial charge in [-0.05, 0) is 24.3 Å². The fourth-order valence-electron chi connectivity index (χ4n) is 3.21. The Kier molecular flexibility index (Phi) is 7.93. The standard InChI is InChI=1S/C23H24O9/c1-14(24)29-13-17-18(25)19(31-21(26)15-9-5-3-6-10-15)20(23(28-2)30-17)32-22(27)16-11-7-4-8-12-16/h3-12,17-20,23,25H,13H2,1-2H3/t17-,18-,19+,20-,23+/m1/s1. The fraction of sp³-hybridized carbons (Fsp3) is 0.348. The van der Waals surface area contributed by atoms with Crippen LogP contribution in [0.15, 0.2) is 60.7 Å². The van der Waals surface area contributed by atoms with Gasteiger partial charge < -0.3 is 28.8 Å². The van der Waals surface area contributed by atoms with E-state index in [2.05, 4.69) is 0 Å². The number of carbonyl (C=O) groups is 3. The van der Waals surface area contributed by atoms with Crippen LogP contribution < -0.4 is 0 Å². The average Bonchev–Trinajstić information content (AvgIpc) is 2.81. The van der Waals surface area contributed by atoms with Gasteiger partial charge in [-0.25, -0.2) is 9.59 Å². The molecule has 0 saturated carbocycles. The van der Waals surface area contributed by atoms with E-state index in [4.69, 9.17) is 23.7 Å². The summed E-state index contributed by atoms with van der Waals surface area (Å²) in [5.41, 5.74) is 0.497. The minimum atomic E-state index is -1.47. The highest BCUT2D eigenvalue weighted by atomic mass is 16.7. The van der Waals surface area contributed by atoms with Crippen LogP contribution in [0.1, 0.15) is 27.6 Å². The maximum atomic E-state index is 12.7. The van der Waals surface area contributed by atoms with Gasteiger partial charge in [-0.2, -0.15) is 0 Å². The van der Waals surface area contributed by atoms with Crippen LogP contribution in [0.25, 0.3) is 0 Å². The highest BCUT2D eigenvalue weighted by molar-refractivity contribution is 5.90. The summed E-state index contributed by atoms with van der Waals surface area (Å²) < 4.78 is 27.0. The SMILES string of the molecule is CO[C@H]1O[C@H](COC(C)=O)[C@@H](O)[C@H](OC(=O)c2ccccc2)[C@H]1OC(=O)c1ccccc1. The van der Waals surface area contributed by atoms with Crippen molar-refractivity contribution in [3.05, 3.63) is 71.8 Å². The predicted molar refractivity (Wildman–Crippen MR) is 110 cm³/mol. The van der Waals surface area contributed by atoms with Crippen molar-refractivity contribution in [1.82, 2.24) is 0 Å². The molecule has 0 aliphatic carbocycles. The third kappa shape index (κ3) is 5.70. The average molecular weight is 444 g/mol. The second-order valence-corrected chi connectivity index (χ2v) is 7.04. The van der Waals surface area contributed by atoms with Crippen LogP contribution in [0.3, 0.4) is 0 Å². The van der Waals surface area contributed by atoms with E-state index in [0.717, 1.165) is 0 Å². The Morgan fingerprint density at radius 3 is 1.84 bits per heavy atom. The molecule has 0 amide bonds. The van der Waals surface area contributed by atoms with Crippen LogP contribution in [0.4, 0.5) is 0 Å². The number of hydrogen-bond acceptors (Lipinski definition) is 9. The second-order valence-electron chi connectivity index (χ2n) is 7.04. The first-order chi connectivity index (χ1) is 15.4. The maximum Gasteiger partial charge on any atom is 0.338 e. The zero-order valence-corrected chi connectivity index (χ0v) is 17.6. The lowest BCUT2D eigenvalue weighted by Crippen LogP contribution is -2.61. The van der Waals surface area contributed by atoms with Crippen molar-refractivity contribution in [1.29, 1.82) is 0 Å². The van der Waals surface area contributed by atoms with E-state index in [1.54, 1.807) is 60.7 Å². The number of ether oxygens (including phenoxy) is 5. The highest BCUT2D eigenvalue weighted by Gasteiger charge is 2.50. The Balaban J connectivity index is 1.86. The van der Waals surface area contributed by atoms with Gasteiger partial charge in [0.1, 0.15) is 18.8 Å². The van der Waals surface area contributed by atoms with Gasteiger partial charge in [-0.15, -0.1) is 0 Å². The van der Waals surface area contributed by atoms with Gasteiger partial charge >= 0.3 is 17.9 Å². The number of rotatable bonds is 7. The van der Waals surface area contributed by atoms with E-state index in [9.17, 15) is 19.5 Å². The molecule has 0 aromatic heterocycles. The van der Waals surface area contributed by atoms with Crippen molar-refractivity contribution in [2.75, 3.05) is 13.7 Å². The smallest absolute Gasteiger partial charge is 0.338 e. The van der Waals surface area contributed by atoms with Crippen LogP contribution in [0.2, 0.25) is 0 Å². The summed E-state index contributed by atoms with van der Waals surface area (Å²) in [6.07, 6.45) is -6.38. The van der Waals surface area contributed by atoms with E-state index < -0.39 is 48.6 Å². The van der Waals surface area contributed by atoms with Gasteiger partial charge in [0.05, 0.1) is 11.1 Å². The van der Waals surface area contributed by atoms with E-state index in [1.807, 2.05) is 0 Å². The quantitative estimate of drug-likeness (QED) is 0.503. The monoisotopic (exact) mass is 444 g/mol. The molecule has 5 atom stereocenters. The summed E-state index contributed by atoms with van der Waals surface area (Å²) in [6.45, 7) is 0.898. The minimum absolute atomic E-state index is 0.241. The van der Waals surface area contributed by atoms with Crippen molar-refractivity contribution in [2.24, 2.45) is 0 Å². The molecule has 0 unspecified atom stereocenters. The number of aliphatic hydroxyl groups is 1. The third-order valence-corrected chi connectivity index (χ3v) is 4.81. The molecular weight excluding hydrogens is 420 g/mol. The van der Waals surface area contributed by atoms with Crippen molar-refractivity contribution >= 4 is 17.9 Å². The number of benzene rings is 2. The molecule has 1 aliphatic rings. The normalized spacial score (nSPS) is 24.9. The van der Waals surface area contributed by atoms with Crippen molar-refractivity contribution < 1.29 is 43.2 Å². The van der Waals surface area contributed by atoms with Crippen LogP contribution in [-0.2, 0) is 28.5 Å². The largest absolute Gasteiger partial charge is 0.463 e. The lowest BCUT2D eigenvalue weighted by molar-refractivity contribution is -0.293. The molecule has 1 heterocycles. The molecule has 1 saturated heterocycles. The molecule has 0 spiro atoms. The molecule has 0 radical (unpaired) electrons. The zero-order valence-electron chi connectivity index (χ0n) is 17.6. The van der Waals surface area contributed by atoms with Crippen molar-refractivity contribution in [2.45, 2.75) is 37.6 Å². The predicted octanol–water partition coefficient (Wildman–Crippen LogP) is 1.73. The summed E-state index contributed by atoms with van der Waals surface area (Å²) >= 11 is 0. The highest BCUT2D eigenvalue weighted by Crippen LogP contribution is 2.28.